The minimum absolute atomic E-state index is 0.0988. The smallest absolute Gasteiger partial charge is 0.248 e. The molecule has 4 rings (SSSR count). The summed E-state index contributed by atoms with van der Waals surface area (Å²) < 4.78 is 0. The summed E-state index contributed by atoms with van der Waals surface area (Å²) >= 11 is 1.31. The van der Waals surface area contributed by atoms with Crippen LogP contribution >= 0.6 is 11.3 Å². The van der Waals surface area contributed by atoms with Crippen molar-refractivity contribution < 1.29 is 33.6 Å². The Morgan fingerprint density at radius 2 is 1.51 bits per heavy atom. The van der Waals surface area contributed by atoms with Crippen LogP contribution in [0.5, 0.6) is 0 Å². The highest BCUT2D eigenvalue weighted by Crippen LogP contribution is 2.28. The number of thiazole rings is 1. The van der Waals surface area contributed by atoms with Gasteiger partial charge in [-0.25, -0.2) is 10.0 Å². The standard InChI is InChI=1S/C44H67N9O7S/c1-25(2)32-38(56)49-33(26(3)4)39(57)52-35(43(6,7)8)37(46-24-30(54)48-32)51-36(44(9,10)11)41(59)50-34(27(5)28-17-13-12-14-18-28)40(58)47-29(42-45-19-22-61-42)23-31(55)53-20-15-16-21-60-53/h12-14,17-19,22,25-27,29,32-36H,15-16,20-21,23-24H2,1-11H3,(H,46,51)(H,47,58)(H,48,54)(H,49,56)(H,50,59)(H,52,57)/t27-,29+,32-,33-,34?,35+,36+/m0/s1. The van der Waals surface area contributed by atoms with Crippen molar-refractivity contribution in [3.05, 3.63) is 52.5 Å². The van der Waals surface area contributed by atoms with Crippen molar-refractivity contribution in [3.63, 3.8) is 0 Å². The summed E-state index contributed by atoms with van der Waals surface area (Å²) in [5.74, 6) is -3.73. The molecular weight excluding hydrogens is 799 g/mol. The van der Waals surface area contributed by atoms with E-state index in [1.54, 1.807) is 25.4 Å². The van der Waals surface area contributed by atoms with Crippen molar-refractivity contribution in [3.8, 4) is 0 Å². The second-order valence-electron chi connectivity index (χ2n) is 18.8. The molecule has 2 aliphatic heterocycles. The lowest BCUT2D eigenvalue weighted by molar-refractivity contribution is -0.197. The van der Waals surface area contributed by atoms with Gasteiger partial charge in [0.1, 0.15) is 41.6 Å². The molecule has 2 aromatic rings. The van der Waals surface area contributed by atoms with E-state index >= 15 is 0 Å². The van der Waals surface area contributed by atoms with E-state index in [2.05, 4.69) is 36.9 Å². The average molecular weight is 866 g/mol. The summed E-state index contributed by atoms with van der Waals surface area (Å²) in [6.45, 7) is 20.8. The van der Waals surface area contributed by atoms with Crippen LogP contribution in [0.15, 0.2) is 46.9 Å². The lowest BCUT2D eigenvalue weighted by atomic mass is 9.82. The molecule has 0 radical (unpaired) electrons. The number of carbonyl (C=O) groups excluding carboxylic acids is 6. The number of benzene rings is 1. The Kier molecular flexibility index (Phi) is 17.0. The van der Waals surface area contributed by atoms with Crippen molar-refractivity contribution >= 4 is 52.6 Å². The number of rotatable bonds is 12. The number of hydrogen-bond donors (Lipinski definition) is 6. The molecule has 0 bridgehead atoms. The highest BCUT2D eigenvalue weighted by Gasteiger charge is 2.42. The second kappa shape index (κ2) is 21.3. The Morgan fingerprint density at radius 3 is 2.07 bits per heavy atom. The molecular formula is C44H67N9O7S. The van der Waals surface area contributed by atoms with E-state index < -0.39 is 89.1 Å². The third-order valence-corrected chi connectivity index (χ3v) is 11.8. The fraction of sp³-hybridized carbons (Fsp3) is 0.636. The summed E-state index contributed by atoms with van der Waals surface area (Å²) in [6, 6.07) is 3.64. The molecule has 17 heteroatoms. The maximum Gasteiger partial charge on any atom is 0.248 e. The SMILES string of the molecule is CC(C)[C@@H]1NC(=O)CN=C(N[C@H](C(=O)NC(C(=O)N[C@H](CC(=O)N2CCCCO2)c2nccs2)[C@@H](C)c2ccccc2)C(C)(C)C)[C@H](C(C)(C)C)NC(=O)[C@H](C(C)C)NC1=O. The molecule has 2 aliphatic rings. The van der Waals surface area contributed by atoms with Crippen LogP contribution in [0.1, 0.15) is 118 Å². The van der Waals surface area contributed by atoms with Crippen LogP contribution in [0.3, 0.4) is 0 Å². The third-order valence-electron chi connectivity index (χ3n) is 10.9. The Balaban J connectivity index is 1.73. The number of hydrogen-bond acceptors (Lipinski definition) is 11. The molecule has 1 unspecified atom stereocenters. The predicted molar refractivity (Wildman–Crippen MR) is 235 cm³/mol. The van der Waals surface area contributed by atoms with Gasteiger partial charge in [0.2, 0.25) is 35.4 Å². The maximum absolute atomic E-state index is 14.9. The molecule has 6 N–H and O–H groups in total. The first-order valence-electron chi connectivity index (χ1n) is 21.3. The highest BCUT2D eigenvalue weighted by molar-refractivity contribution is 7.09. The Morgan fingerprint density at radius 1 is 0.869 bits per heavy atom. The van der Waals surface area contributed by atoms with Crippen molar-refractivity contribution in [2.45, 2.75) is 138 Å². The van der Waals surface area contributed by atoms with Gasteiger partial charge in [-0.05, 0) is 41.1 Å². The second-order valence-corrected chi connectivity index (χ2v) is 19.8. The van der Waals surface area contributed by atoms with Gasteiger partial charge < -0.3 is 31.9 Å². The van der Waals surface area contributed by atoms with E-state index in [9.17, 15) is 28.8 Å². The summed E-state index contributed by atoms with van der Waals surface area (Å²) in [7, 11) is 0. The van der Waals surface area contributed by atoms with Crippen LogP contribution in [-0.2, 0) is 33.6 Å². The summed E-state index contributed by atoms with van der Waals surface area (Å²) in [5, 5.41) is 21.8. The van der Waals surface area contributed by atoms with Gasteiger partial charge in [0.05, 0.1) is 25.1 Å². The molecule has 1 aromatic carbocycles. The number of aliphatic imine (C=N–C) groups is 1. The first kappa shape index (κ1) is 48.8. The van der Waals surface area contributed by atoms with Crippen LogP contribution in [0.4, 0.5) is 0 Å². The molecule has 16 nitrogen and oxygen atoms in total. The fourth-order valence-corrected chi connectivity index (χ4v) is 7.89. The highest BCUT2D eigenvalue weighted by atomic mass is 32.1. The minimum Gasteiger partial charge on any atom is -0.360 e. The van der Waals surface area contributed by atoms with Gasteiger partial charge in [0.15, 0.2) is 0 Å². The van der Waals surface area contributed by atoms with Crippen LogP contribution in [0.2, 0.25) is 0 Å². The molecule has 3 heterocycles. The maximum atomic E-state index is 14.9. The lowest BCUT2D eigenvalue weighted by Gasteiger charge is -2.39. The van der Waals surface area contributed by atoms with Gasteiger partial charge in [-0.15, -0.1) is 11.3 Å². The molecule has 1 fully saturated rings. The molecule has 336 valence electrons. The first-order chi connectivity index (χ1) is 28.6. The van der Waals surface area contributed by atoms with E-state index in [4.69, 9.17) is 9.83 Å². The van der Waals surface area contributed by atoms with E-state index in [-0.39, 0.29) is 30.0 Å². The average Bonchev–Trinajstić information content (AvgIpc) is 3.74. The first-order valence-corrected chi connectivity index (χ1v) is 22.2. The van der Waals surface area contributed by atoms with Crippen LogP contribution in [0.25, 0.3) is 0 Å². The van der Waals surface area contributed by atoms with Gasteiger partial charge in [-0.2, -0.15) is 0 Å². The van der Waals surface area contributed by atoms with Crippen LogP contribution in [0, 0.1) is 22.7 Å². The fourth-order valence-electron chi connectivity index (χ4n) is 7.20. The summed E-state index contributed by atoms with van der Waals surface area (Å²) in [5.41, 5.74) is -0.731. The molecule has 1 aromatic heterocycles. The predicted octanol–water partition coefficient (Wildman–Crippen LogP) is 3.76. The van der Waals surface area contributed by atoms with Gasteiger partial charge >= 0.3 is 0 Å². The number of amides is 6. The largest absolute Gasteiger partial charge is 0.360 e. The number of nitrogens with zero attached hydrogens (tertiary/aromatic N) is 3. The van der Waals surface area contributed by atoms with Gasteiger partial charge in [0, 0.05) is 24.0 Å². The molecule has 0 saturated carbocycles. The number of carbonyl (C=O) groups is 6. The van der Waals surface area contributed by atoms with E-state index in [0.29, 0.717) is 18.2 Å². The van der Waals surface area contributed by atoms with E-state index in [1.807, 2.05) is 92.6 Å². The van der Waals surface area contributed by atoms with Crippen LogP contribution < -0.4 is 31.9 Å². The lowest BCUT2D eigenvalue weighted by Crippen LogP contribution is -2.65. The van der Waals surface area contributed by atoms with E-state index in [1.165, 1.54) is 16.4 Å². The molecule has 0 aliphatic carbocycles. The minimum atomic E-state index is -1.13. The van der Waals surface area contributed by atoms with Crippen molar-refractivity contribution in [2.75, 3.05) is 19.7 Å². The van der Waals surface area contributed by atoms with Gasteiger partial charge in [-0.3, -0.25) is 38.6 Å². The zero-order valence-corrected chi connectivity index (χ0v) is 38.4. The molecule has 7 atom stereocenters. The molecule has 61 heavy (non-hydrogen) atoms. The Hall–Kier alpha value is -4.90. The normalized spacial score (nSPS) is 21.7. The van der Waals surface area contributed by atoms with Crippen molar-refractivity contribution in [2.24, 2.45) is 27.7 Å². The quantitative estimate of drug-likeness (QED) is 0.183. The van der Waals surface area contributed by atoms with Crippen molar-refractivity contribution in [1.82, 2.24) is 41.9 Å². The van der Waals surface area contributed by atoms with Gasteiger partial charge in [0.25, 0.3) is 0 Å². The van der Waals surface area contributed by atoms with Gasteiger partial charge in [-0.1, -0.05) is 106 Å². The van der Waals surface area contributed by atoms with Crippen molar-refractivity contribution in [1.29, 1.82) is 0 Å². The van der Waals surface area contributed by atoms with Crippen LogP contribution in [-0.4, -0.2) is 101 Å². The van der Waals surface area contributed by atoms with E-state index in [0.717, 1.165) is 18.4 Å². The zero-order chi connectivity index (χ0) is 45.2. The Bertz CT molecular complexity index is 1850. The number of amidine groups is 1. The Labute approximate surface area is 364 Å². The third kappa shape index (κ3) is 13.5. The molecule has 6 amide bonds. The topological polar surface area (TPSA) is 212 Å². The monoisotopic (exact) mass is 865 g/mol. The summed E-state index contributed by atoms with van der Waals surface area (Å²) in [6.07, 6.45) is 3.17. The molecule has 1 saturated heterocycles. The molecule has 0 spiro atoms. The summed E-state index contributed by atoms with van der Waals surface area (Å²) in [4.78, 5) is 98.6. The number of nitrogens with one attached hydrogen (secondary N) is 6. The number of aromatic nitrogens is 1. The zero-order valence-electron chi connectivity index (χ0n) is 37.6. The number of hydroxylamine groups is 2.